The number of rotatable bonds is 4. The number of imide groups is 1. The predicted molar refractivity (Wildman–Crippen MR) is 74.9 cm³/mol. The van der Waals surface area contributed by atoms with E-state index >= 15 is 0 Å². The highest BCUT2D eigenvalue weighted by molar-refractivity contribution is 5.99. The molecule has 0 aliphatic carbocycles. The van der Waals surface area contributed by atoms with Gasteiger partial charge < -0.3 is 15.2 Å². The van der Waals surface area contributed by atoms with Crippen LogP contribution in [0.3, 0.4) is 0 Å². The van der Waals surface area contributed by atoms with E-state index in [1.54, 1.807) is 19.9 Å². The number of urea groups is 1. The Hall–Kier alpha value is -2.57. The van der Waals surface area contributed by atoms with Gasteiger partial charge in [0, 0.05) is 6.54 Å². The molecular formula is C14H18N2O5. The van der Waals surface area contributed by atoms with Gasteiger partial charge in [-0.2, -0.15) is 0 Å². The van der Waals surface area contributed by atoms with Gasteiger partial charge >= 0.3 is 12.0 Å². The van der Waals surface area contributed by atoms with Gasteiger partial charge in [0.25, 0.3) is 5.91 Å². The molecule has 0 radical (unpaired) electrons. The van der Waals surface area contributed by atoms with Crippen molar-refractivity contribution in [3.05, 3.63) is 29.3 Å². The number of phenols is 1. The van der Waals surface area contributed by atoms with Crippen molar-refractivity contribution in [3.63, 3.8) is 0 Å². The molecule has 0 fully saturated rings. The minimum absolute atomic E-state index is 0.0346. The molecule has 0 aliphatic heterocycles. The second-order valence-electron chi connectivity index (χ2n) is 4.42. The summed E-state index contributed by atoms with van der Waals surface area (Å²) in [5, 5.41) is 14.0. The fraction of sp³-hybridized carbons (Fsp3) is 0.357. The number of amides is 3. The standard InChI is InChI=1S/C14H18N2O5/c1-4-15-14(20)16-12(18)9(3)21-13(19)10-7-8(2)5-6-11(10)17/h5-7,9,17H,4H2,1-3H3,(H2,15,16,18,20). The summed E-state index contributed by atoms with van der Waals surface area (Å²) in [4.78, 5) is 34.7. The summed E-state index contributed by atoms with van der Waals surface area (Å²) < 4.78 is 4.92. The molecule has 7 nitrogen and oxygen atoms in total. The summed E-state index contributed by atoms with van der Waals surface area (Å²) in [5.74, 6) is -1.82. The Morgan fingerprint density at radius 1 is 1.33 bits per heavy atom. The molecule has 3 amide bonds. The molecule has 0 heterocycles. The van der Waals surface area contributed by atoms with Crippen molar-refractivity contribution < 1.29 is 24.2 Å². The van der Waals surface area contributed by atoms with E-state index in [0.717, 1.165) is 5.56 Å². The smallest absolute Gasteiger partial charge is 0.342 e. The zero-order valence-electron chi connectivity index (χ0n) is 12.1. The first-order valence-corrected chi connectivity index (χ1v) is 6.44. The van der Waals surface area contributed by atoms with Gasteiger partial charge in [0.2, 0.25) is 0 Å². The molecule has 114 valence electrons. The third kappa shape index (κ3) is 4.79. The number of nitrogens with one attached hydrogen (secondary N) is 2. The molecule has 0 bridgehead atoms. The third-order valence-electron chi connectivity index (χ3n) is 2.60. The zero-order valence-corrected chi connectivity index (χ0v) is 12.1. The summed E-state index contributed by atoms with van der Waals surface area (Å²) in [7, 11) is 0. The van der Waals surface area contributed by atoms with E-state index < -0.39 is 24.0 Å². The minimum Gasteiger partial charge on any atom is -0.507 e. The number of esters is 1. The fourth-order valence-corrected chi connectivity index (χ4v) is 1.51. The van der Waals surface area contributed by atoms with Gasteiger partial charge in [-0.15, -0.1) is 0 Å². The number of aromatic hydroxyl groups is 1. The Balaban J connectivity index is 2.67. The van der Waals surface area contributed by atoms with Crippen LogP contribution in [0.1, 0.15) is 29.8 Å². The number of aryl methyl sites for hydroxylation is 1. The Bertz CT molecular complexity index is 556. The summed E-state index contributed by atoms with van der Waals surface area (Å²) in [5.41, 5.74) is 0.729. The molecule has 0 aromatic heterocycles. The lowest BCUT2D eigenvalue weighted by atomic mass is 10.1. The van der Waals surface area contributed by atoms with Crippen molar-refractivity contribution >= 4 is 17.9 Å². The lowest BCUT2D eigenvalue weighted by Crippen LogP contribution is -2.44. The molecule has 0 saturated heterocycles. The summed E-state index contributed by atoms with van der Waals surface area (Å²) in [6, 6.07) is 3.79. The van der Waals surface area contributed by atoms with E-state index in [4.69, 9.17) is 4.74 Å². The molecule has 0 spiro atoms. The topological polar surface area (TPSA) is 105 Å². The maximum atomic E-state index is 11.9. The second-order valence-corrected chi connectivity index (χ2v) is 4.42. The first-order chi connectivity index (χ1) is 9.85. The van der Waals surface area contributed by atoms with Crippen LogP contribution in [0.25, 0.3) is 0 Å². The van der Waals surface area contributed by atoms with E-state index in [1.807, 2.05) is 5.32 Å². The summed E-state index contributed by atoms with van der Waals surface area (Å²) >= 11 is 0. The number of hydrogen-bond donors (Lipinski definition) is 3. The quantitative estimate of drug-likeness (QED) is 0.721. The third-order valence-corrected chi connectivity index (χ3v) is 2.60. The summed E-state index contributed by atoms with van der Waals surface area (Å²) in [6.07, 6.45) is -1.17. The molecule has 1 rings (SSSR count). The molecule has 0 saturated carbocycles. The van der Waals surface area contributed by atoms with Gasteiger partial charge in [-0.05, 0) is 32.9 Å². The van der Waals surface area contributed by atoms with E-state index in [2.05, 4.69) is 5.32 Å². The highest BCUT2D eigenvalue weighted by atomic mass is 16.5. The van der Waals surface area contributed by atoms with Crippen LogP contribution in [0.4, 0.5) is 4.79 Å². The monoisotopic (exact) mass is 294 g/mol. The molecule has 3 N–H and O–H groups in total. The largest absolute Gasteiger partial charge is 0.507 e. The number of carbonyl (C=O) groups is 3. The average molecular weight is 294 g/mol. The van der Waals surface area contributed by atoms with Crippen LogP contribution in [0.5, 0.6) is 5.75 Å². The molecule has 1 aromatic carbocycles. The van der Waals surface area contributed by atoms with Gasteiger partial charge in [-0.25, -0.2) is 9.59 Å². The normalized spacial score (nSPS) is 11.4. The van der Waals surface area contributed by atoms with Crippen molar-refractivity contribution in [2.75, 3.05) is 6.54 Å². The number of benzene rings is 1. The maximum absolute atomic E-state index is 11.9. The predicted octanol–water partition coefficient (Wildman–Crippen LogP) is 1.09. The minimum atomic E-state index is -1.17. The van der Waals surface area contributed by atoms with Crippen LogP contribution in [0, 0.1) is 6.92 Å². The van der Waals surface area contributed by atoms with Crippen molar-refractivity contribution in [2.45, 2.75) is 26.9 Å². The molecular weight excluding hydrogens is 276 g/mol. The number of carbonyl (C=O) groups excluding carboxylic acids is 3. The SMILES string of the molecule is CCNC(=O)NC(=O)C(C)OC(=O)c1cc(C)ccc1O. The average Bonchev–Trinajstić information content (AvgIpc) is 2.41. The van der Waals surface area contributed by atoms with Crippen molar-refractivity contribution in [1.82, 2.24) is 10.6 Å². The number of hydrogen-bond acceptors (Lipinski definition) is 5. The van der Waals surface area contributed by atoms with Crippen LogP contribution in [0.2, 0.25) is 0 Å². The fourth-order valence-electron chi connectivity index (χ4n) is 1.51. The van der Waals surface area contributed by atoms with Crippen LogP contribution < -0.4 is 10.6 Å². The second kappa shape index (κ2) is 7.28. The highest BCUT2D eigenvalue weighted by Crippen LogP contribution is 2.19. The van der Waals surface area contributed by atoms with Gasteiger partial charge in [-0.3, -0.25) is 10.1 Å². The molecule has 21 heavy (non-hydrogen) atoms. The molecule has 1 atom stereocenters. The number of phenolic OH excluding ortho intramolecular Hbond substituents is 1. The first-order valence-electron chi connectivity index (χ1n) is 6.44. The van der Waals surface area contributed by atoms with Crippen LogP contribution in [-0.4, -0.2) is 35.7 Å². The highest BCUT2D eigenvalue weighted by Gasteiger charge is 2.22. The Kier molecular flexibility index (Phi) is 5.71. The maximum Gasteiger partial charge on any atom is 0.342 e. The Labute approximate surface area is 122 Å². The van der Waals surface area contributed by atoms with Crippen molar-refractivity contribution in [3.8, 4) is 5.75 Å². The number of ether oxygens (including phenoxy) is 1. The Morgan fingerprint density at radius 3 is 2.62 bits per heavy atom. The lowest BCUT2D eigenvalue weighted by Gasteiger charge is -2.13. The Morgan fingerprint density at radius 2 is 2.00 bits per heavy atom. The van der Waals surface area contributed by atoms with E-state index in [9.17, 15) is 19.5 Å². The summed E-state index contributed by atoms with van der Waals surface area (Å²) in [6.45, 7) is 5.15. The van der Waals surface area contributed by atoms with E-state index in [0.29, 0.717) is 6.54 Å². The van der Waals surface area contributed by atoms with Crippen molar-refractivity contribution in [2.24, 2.45) is 0 Å². The molecule has 7 heteroatoms. The van der Waals surface area contributed by atoms with E-state index in [-0.39, 0.29) is 11.3 Å². The first kappa shape index (κ1) is 16.5. The molecule has 1 unspecified atom stereocenters. The van der Waals surface area contributed by atoms with Gasteiger partial charge in [0.15, 0.2) is 6.10 Å². The molecule has 0 aliphatic rings. The van der Waals surface area contributed by atoms with Gasteiger partial charge in [0.1, 0.15) is 11.3 Å². The van der Waals surface area contributed by atoms with Crippen LogP contribution in [-0.2, 0) is 9.53 Å². The van der Waals surface area contributed by atoms with Gasteiger partial charge in [0.05, 0.1) is 0 Å². The molecule has 1 aromatic rings. The zero-order chi connectivity index (χ0) is 16.0. The van der Waals surface area contributed by atoms with Gasteiger partial charge in [-0.1, -0.05) is 11.6 Å². The van der Waals surface area contributed by atoms with Crippen molar-refractivity contribution in [1.29, 1.82) is 0 Å². The van der Waals surface area contributed by atoms with E-state index in [1.165, 1.54) is 19.1 Å². The van der Waals surface area contributed by atoms with Crippen LogP contribution >= 0.6 is 0 Å². The van der Waals surface area contributed by atoms with Crippen LogP contribution in [0.15, 0.2) is 18.2 Å². The lowest BCUT2D eigenvalue weighted by molar-refractivity contribution is -0.127.